The number of hydrogen-bond acceptors (Lipinski definition) is 2. The number of ketones is 1. The lowest BCUT2D eigenvalue weighted by Crippen LogP contribution is -2.36. The molecule has 0 rings (SSSR count). The maximum atomic E-state index is 10.7. The van der Waals surface area contributed by atoms with Gasteiger partial charge in [0.15, 0.2) is 8.32 Å². The van der Waals surface area contributed by atoms with Crippen LogP contribution in [0.15, 0.2) is 0 Å². The van der Waals surface area contributed by atoms with Crippen LogP contribution in [0.5, 0.6) is 0 Å². The first-order valence-corrected chi connectivity index (χ1v) is 8.26. The Bertz CT molecular complexity index is 156. The molecule has 0 N–H and O–H groups in total. The molecule has 0 saturated heterocycles. The molecule has 0 fully saturated rings. The van der Waals surface area contributed by atoms with E-state index in [0.717, 1.165) is 13.0 Å². The first-order valence-electron chi connectivity index (χ1n) is 5.73. The van der Waals surface area contributed by atoms with E-state index in [-0.39, 0.29) is 5.78 Å². The van der Waals surface area contributed by atoms with E-state index < -0.39 is 8.32 Å². The Labute approximate surface area is 89.2 Å². The van der Waals surface area contributed by atoms with Gasteiger partial charge in [0.05, 0.1) is 0 Å². The Hall–Kier alpha value is -0.153. The summed E-state index contributed by atoms with van der Waals surface area (Å²) in [6, 6.07) is 3.58. The highest BCUT2D eigenvalue weighted by Gasteiger charge is 2.28. The van der Waals surface area contributed by atoms with Gasteiger partial charge < -0.3 is 9.22 Å². The molecular weight excluding hydrogens is 192 g/mol. The first kappa shape index (κ1) is 13.8. The fourth-order valence-electron chi connectivity index (χ4n) is 1.67. The summed E-state index contributed by atoms with van der Waals surface area (Å²) in [6.07, 6.45) is 1.56. The fourth-order valence-corrected chi connectivity index (χ4v) is 4.36. The van der Waals surface area contributed by atoms with Crippen molar-refractivity contribution in [2.24, 2.45) is 0 Å². The van der Waals surface area contributed by atoms with Crippen LogP contribution in [0.4, 0.5) is 0 Å². The van der Waals surface area contributed by atoms with E-state index in [4.69, 9.17) is 4.43 Å². The number of rotatable bonds is 8. The van der Waals surface area contributed by atoms with Crippen molar-refractivity contribution in [3.05, 3.63) is 0 Å². The summed E-state index contributed by atoms with van der Waals surface area (Å²) in [7, 11) is -1.40. The van der Waals surface area contributed by atoms with Crippen LogP contribution in [-0.4, -0.2) is 20.7 Å². The van der Waals surface area contributed by atoms with Gasteiger partial charge >= 0.3 is 0 Å². The molecule has 84 valence electrons. The van der Waals surface area contributed by atoms with Crippen LogP contribution < -0.4 is 0 Å². The van der Waals surface area contributed by atoms with Crippen molar-refractivity contribution in [1.82, 2.24) is 0 Å². The van der Waals surface area contributed by atoms with Crippen LogP contribution >= 0.6 is 0 Å². The second kappa shape index (κ2) is 7.18. The smallest absolute Gasteiger partial charge is 0.191 e. The van der Waals surface area contributed by atoms with Gasteiger partial charge in [-0.15, -0.1) is 0 Å². The van der Waals surface area contributed by atoms with E-state index in [1.54, 1.807) is 6.92 Å². The van der Waals surface area contributed by atoms with Crippen LogP contribution in [0, 0.1) is 0 Å². The Balaban J connectivity index is 3.77. The summed E-state index contributed by atoms with van der Waals surface area (Å²) in [4.78, 5) is 10.7. The third-order valence-electron chi connectivity index (χ3n) is 3.01. The number of Topliss-reactive ketones (excluding diaryl/α,β-unsaturated/α-hetero) is 1. The molecule has 0 aliphatic rings. The molecule has 0 aliphatic carbocycles. The molecule has 0 aromatic carbocycles. The molecule has 0 aliphatic heterocycles. The van der Waals surface area contributed by atoms with Crippen LogP contribution in [-0.2, 0) is 9.22 Å². The highest BCUT2D eigenvalue weighted by molar-refractivity contribution is 6.73. The molecule has 0 heterocycles. The van der Waals surface area contributed by atoms with Gasteiger partial charge in [-0.25, -0.2) is 0 Å². The standard InChI is InChI=1S/C11H24O2Si/c1-5-14(6-2,7-3)13-10-8-9-11(4)12/h5-10H2,1-4H3. The average molecular weight is 216 g/mol. The molecule has 0 bridgehead atoms. The van der Waals surface area contributed by atoms with E-state index >= 15 is 0 Å². The molecule has 0 aromatic rings. The Kier molecular flexibility index (Phi) is 7.10. The van der Waals surface area contributed by atoms with E-state index in [0.29, 0.717) is 6.42 Å². The lowest BCUT2D eigenvalue weighted by molar-refractivity contribution is -0.117. The minimum atomic E-state index is -1.40. The Morgan fingerprint density at radius 2 is 1.64 bits per heavy atom. The normalized spacial score (nSPS) is 11.7. The molecule has 0 saturated carbocycles. The van der Waals surface area contributed by atoms with Gasteiger partial charge in [0.2, 0.25) is 0 Å². The monoisotopic (exact) mass is 216 g/mol. The topological polar surface area (TPSA) is 26.3 Å². The van der Waals surface area contributed by atoms with Gasteiger partial charge in [-0.3, -0.25) is 0 Å². The third kappa shape index (κ3) is 4.91. The van der Waals surface area contributed by atoms with Gasteiger partial charge in [-0.1, -0.05) is 20.8 Å². The van der Waals surface area contributed by atoms with Crippen molar-refractivity contribution in [3.63, 3.8) is 0 Å². The predicted molar refractivity (Wildman–Crippen MR) is 63.1 cm³/mol. The van der Waals surface area contributed by atoms with Gasteiger partial charge in [0.25, 0.3) is 0 Å². The van der Waals surface area contributed by atoms with E-state index in [9.17, 15) is 4.79 Å². The minimum Gasteiger partial charge on any atom is -0.417 e. The van der Waals surface area contributed by atoms with Gasteiger partial charge in [-0.05, 0) is 31.5 Å². The van der Waals surface area contributed by atoms with E-state index in [2.05, 4.69) is 20.8 Å². The number of hydrogen-bond donors (Lipinski definition) is 0. The summed E-state index contributed by atoms with van der Waals surface area (Å²) in [5.74, 6) is 0.269. The third-order valence-corrected chi connectivity index (χ3v) is 7.70. The largest absolute Gasteiger partial charge is 0.417 e. The van der Waals surface area contributed by atoms with Crippen LogP contribution in [0.3, 0.4) is 0 Å². The van der Waals surface area contributed by atoms with Crippen molar-refractivity contribution in [1.29, 1.82) is 0 Å². The molecule has 0 unspecified atom stereocenters. The zero-order chi connectivity index (χ0) is 11.0. The van der Waals surface area contributed by atoms with Crippen molar-refractivity contribution in [2.75, 3.05) is 6.61 Å². The summed E-state index contributed by atoms with van der Waals surface area (Å²) < 4.78 is 6.01. The molecule has 2 nitrogen and oxygen atoms in total. The van der Waals surface area contributed by atoms with Crippen molar-refractivity contribution in [3.8, 4) is 0 Å². The number of carbonyl (C=O) groups excluding carboxylic acids is 1. The molecule has 14 heavy (non-hydrogen) atoms. The maximum Gasteiger partial charge on any atom is 0.191 e. The number of carbonyl (C=O) groups is 1. The molecule has 3 heteroatoms. The van der Waals surface area contributed by atoms with Crippen LogP contribution in [0.1, 0.15) is 40.5 Å². The fraction of sp³-hybridized carbons (Fsp3) is 0.909. The van der Waals surface area contributed by atoms with Crippen molar-refractivity contribution < 1.29 is 9.22 Å². The van der Waals surface area contributed by atoms with E-state index in [1.807, 2.05) is 0 Å². The summed E-state index contributed by atoms with van der Waals surface area (Å²) in [6.45, 7) is 9.10. The zero-order valence-electron chi connectivity index (χ0n) is 10.1. The summed E-state index contributed by atoms with van der Waals surface area (Å²) in [5.41, 5.74) is 0. The summed E-state index contributed by atoms with van der Waals surface area (Å²) >= 11 is 0. The molecule has 0 aromatic heterocycles. The van der Waals surface area contributed by atoms with Crippen LogP contribution in [0.2, 0.25) is 18.1 Å². The molecule has 0 amide bonds. The molecule has 0 atom stereocenters. The van der Waals surface area contributed by atoms with Gasteiger partial charge in [0.1, 0.15) is 5.78 Å². The lowest BCUT2D eigenvalue weighted by Gasteiger charge is -2.27. The predicted octanol–water partition coefficient (Wildman–Crippen LogP) is 3.38. The molecular formula is C11H24O2Si. The SMILES string of the molecule is CC[Si](CC)(CC)OCCCC(C)=O. The second-order valence-corrected chi connectivity index (χ2v) is 8.67. The molecule has 0 spiro atoms. The van der Waals surface area contributed by atoms with Gasteiger partial charge in [0, 0.05) is 13.0 Å². The highest BCUT2D eigenvalue weighted by Crippen LogP contribution is 2.21. The van der Waals surface area contributed by atoms with Crippen molar-refractivity contribution in [2.45, 2.75) is 58.7 Å². The minimum absolute atomic E-state index is 0.269. The van der Waals surface area contributed by atoms with Gasteiger partial charge in [-0.2, -0.15) is 0 Å². The molecule has 0 radical (unpaired) electrons. The summed E-state index contributed by atoms with van der Waals surface area (Å²) in [5, 5.41) is 0. The van der Waals surface area contributed by atoms with Crippen LogP contribution in [0.25, 0.3) is 0 Å². The lowest BCUT2D eigenvalue weighted by atomic mass is 10.2. The average Bonchev–Trinajstić information content (AvgIpc) is 2.19. The Morgan fingerprint density at radius 1 is 1.14 bits per heavy atom. The Morgan fingerprint density at radius 3 is 2.00 bits per heavy atom. The zero-order valence-corrected chi connectivity index (χ0v) is 11.1. The first-order chi connectivity index (χ1) is 6.60. The highest BCUT2D eigenvalue weighted by atomic mass is 28.4. The van der Waals surface area contributed by atoms with Crippen molar-refractivity contribution >= 4 is 14.1 Å². The maximum absolute atomic E-state index is 10.7. The van der Waals surface area contributed by atoms with E-state index in [1.165, 1.54) is 18.1 Å². The quantitative estimate of drug-likeness (QED) is 0.459. The second-order valence-electron chi connectivity index (χ2n) is 3.90.